The van der Waals surface area contributed by atoms with Gasteiger partial charge in [-0.3, -0.25) is 9.47 Å². The molecule has 0 atom stereocenters. The van der Waals surface area contributed by atoms with E-state index in [1.165, 1.54) is 0 Å². The molecule has 0 saturated carbocycles. The van der Waals surface area contributed by atoms with Crippen LogP contribution in [0.4, 0.5) is 0 Å². The minimum atomic E-state index is -1.40. The first kappa shape index (κ1) is 17.0. The van der Waals surface area contributed by atoms with E-state index in [1.807, 2.05) is 26.0 Å². The normalized spacial score (nSPS) is 17.8. The minimum Gasteiger partial charge on any atom is -0.319 e. The van der Waals surface area contributed by atoms with E-state index in [0.29, 0.717) is 6.42 Å². The summed E-state index contributed by atoms with van der Waals surface area (Å²) < 4.78 is 0.671. The van der Waals surface area contributed by atoms with E-state index in [9.17, 15) is 4.79 Å². The first-order valence-electron chi connectivity index (χ1n) is 6.93. The van der Waals surface area contributed by atoms with E-state index >= 15 is 0 Å². The zero-order chi connectivity index (χ0) is 16.2. The van der Waals surface area contributed by atoms with Crippen LogP contribution in [0.25, 0.3) is 0 Å². The van der Waals surface area contributed by atoms with Gasteiger partial charge >= 0.3 is 0 Å². The topological polar surface area (TPSA) is 25.2 Å². The van der Waals surface area contributed by atoms with Crippen LogP contribution >= 0.6 is 34.8 Å². The summed E-state index contributed by atoms with van der Waals surface area (Å²) >= 11 is 17.9. The summed E-state index contributed by atoms with van der Waals surface area (Å²) in [4.78, 5) is 12.6. The number of halogens is 3. The predicted octanol–water partition coefficient (Wildman–Crippen LogP) is 4.06. The molecule has 0 amide bonds. The van der Waals surface area contributed by atoms with Gasteiger partial charge in [0, 0.05) is 38.2 Å². The highest BCUT2D eigenvalue weighted by Gasteiger charge is 2.38. The maximum absolute atomic E-state index is 12.6. The van der Waals surface area contributed by atoms with Gasteiger partial charge in [-0.1, -0.05) is 48.7 Å². The van der Waals surface area contributed by atoms with Crippen molar-refractivity contribution in [2.75, 3.05) is 19.1 Å². The van der Waals surface area contributed by atoms with Gasteiger partial charge < -0.3 is 5.01 Å². The Labute approximate surface area is 141 Å². The summed E-state index contributed by atoms with van der Waals surface area (Å²) in [5.74, 6) is 0.147. The van der Waals surface area contributed by atoms with Crippen LogP contribution in [0.1, 0.15) is 47.6 Å². The van der Waals surface area contributed by atoms with Gasteiger partial charge in [0.2, 0.25) is 0 Å². The Balaban J connectivity index is 2.67. The highest BCUT2D eigenvalue weighted by atomic mass is 35.6. The average molecular weight is 352 g/mol. The van der Waals surface area contributed by atoms with Crippen LogP contribution in [0.15, 0.2) is 0 Å². The number of hydrogen-bond acceptors (Lipinski definition) is 2. The third kappa shape index (κ3) is 3.35. The van der Waals surface area contributed by atoms with Crippen molar-refractivity contribution >= 4 is 40.6 Å². The first-order chi connectivity index (χ1) is 9.43. The number of carbonyl (C=O) groups excluding carboxylic acids is 1. The monoisotopic (exact) mass is 350 g/mol. The molecule has 0 aromatic carbocycles. The lowest BCUT2D eigenvalue weighted by molar-refractivity contribution is 0.0909. The van der Waals surface area contributed by atoms with E-state index in [2.05, 4.69) is 18.5 Å². The van der Waals surface area contributed by atoms with Gasteiger partial charge in [0.05, 0.1) is 5.69 Å². The number of ketones is 1. The number of alkyl halides is 3. The molecule has 0 bridgehead atoms. The minimum absolute atomic E-state index is 0.0418. The van der Waals surface area contributed by atoms with Crippen LogP contribution in [-0.2, 0) is 12.8 Å². The molecule has 1 aromatic heterocycles. The first-order valence-corrected chi connectivity index (χ1v) is 8.07. The van der Waals surface area contributed by atoms with Crippen molar-refractivity contribution in [2.24, 2.45) is 5.41 Å². The summed E-state index contributed by atoms with van der Waals surface area (Å²) in [6, 6.07) is 0. The Kier molecular flexibility index (Phi) is 4.34. The second-order valence-electron chi connectivity index (χ2n) is 6.78. The molecule has 0 aliphatic heterocycles. The van der Waals surface area contributed by atoms with E-state index in [4.69, 9.17) is 34.8 Å². The van der Waals surface area contributed by atoms with Gasteiger partial charge in [0.25, 0.3) is 0 Å². The summed E-state index contributed by atoms with van der Waals surface area (Å²) in [6.45, 7) is 6.21. The van der Waals surface area contributed by atoms with Gasteiger partial charge in [-0.05, 0) is 24.3 Å². The van der Waals surface area contributed by atoms with Crippen molar-refractivity contribution in [3.05, 3.63) is 22.5 Å². The third-order valence-corrected chi connectivity index (χ3v) is 4.34. The van der Waals surface area contributed by atoms with Crippen LogP contribution in [-0.4, -0.2) is 28.3 Å². The highest BCUT2D eigenvalue weighted by Crippen LogP contribution is 2.41. The fraction of sp³-hybridized carbons (Fsp3) is 0.667. The van der Waals surface area contributed by atoms with Crippen LogP contribution in [0, 0.1) is 12.3 Å². The number of aromatic nitrogens is 1. The lowest BCUT2D eigenvalue weighted by Gasteiger charge is -2.31. The number of carbonyl (C=O) groups is 1. The maximum Gasteiger partial charge on any atom is 0.194 e. The molecule has 0 fully saturated rings. The Hall–Kier alpha value is -0.380. The lowest BCUT2D eigenvalue weighted by atomic mass is 9.75. The van der Waals surface area contributed by atoms with Crippen LogP contribution < -0.4 is 5.01 Å². The molecule has 1 heterocycles. The van der Waals surface area contributed by atoms with Crippen LogP contribution in [0.2, 0.25) is 0 Å². The molecule has 1 aromatic rings. The Morgan fingerprint density at radius 2 is 1.81 bits per heavy atom. The molecule has 0 saturated heterocycles. The molecule has 2 rings (SSSR count). The number of fused-ring (bicyclic) bond motifs is 1. The Bertz CT molecular complexity index is 583. The molecule has 118 valence electrons. The van der Waals surface area contributed by atoms with E-state index < -0.39 is 3.79 Å². The van der Waals surface area contributed by atoms with Crippen molar-refractivity contribution in [2.45, 2.75) is 43.8 Å². The standard InChI is InChI=1S/C15H21Cl3N2O/c1-9-10(6-15(16,17)18)13-11(20(9)19(4)5)7-14(2,3)8-12(13)21/h6-8H2,1-5H3. The van der Waals surface area contributed by atoms with Crippen LogP contribution in [0.5, 0.6) is 0 Å². The third-order valence-electron chi connectivity index (χ3n) is 3.94. The van der Waals surface area contributed by atoms with Gasteiger partial charge in [-0.15, -0.1) is 0 Å². The molecule has 1 aliphatic rings. The molecular formula is C15H21Cl3N2O. The van der Waals surface area contributed by atoms with Gasteiger partial charge in [-0.2, -0.15) is 0 Å². The molecule has 0 spiro atoms. The van der Waals surface area contributed by atoms with Crippen molar-refractivity contribution < 1.29 is 4.79 Å². The van der Waals surface area contributed by atoms with E-state index in [-0.39, 0.29) is 17.6 Å². The Morgan fingerprint density at radius 3 is 2.29 bits per heavy atom. The van der Waals surface area contributed by atoms with Crippen molar-refractivity contribution in [1.29, 1.82) is 0 Å². The summed E-state index contributed by atoms with van der Waals surface area (Å²) in [5.41, 5.74) is 3.58. The zero-order valence-electron chi connectivity index (χ0n) is 13.1. The van der Waals surface area contributed by atoms with Gasteiger partial charge in [0.15, 0.2) is 9.58 Å². The molecule has 21 heavy (non-hydrogen) atoms. The summed E-state index contributed by atoms with van der Waals surface area (Å²) in [5, 5.41) is 1.98. The maximum atomic E-state index is 12.6. The van der Waals surface area contributed by atoms with Gasteiger partial charge in [-0.25, -0.2) is 0 Å². The fourth-order valence-corrected chi connectivity index (χ4v) is 3.68. The molecule has 1 aliphatic carbocycles. The number of Topliss-reactive ketones (excluding diaryl/α,β-unsaturated/α-hetero) is 1. The molecule has 0 unspecified atom stereocenters. The molecule has 6 heteroatoms. The smallest absolute Gasteiger partial charge is 0.194 e. The molecule has 0 radical (unpaired) electrons. The highest BCUT2D eigenvalue weighted by molar-refractivity contribution is 6.67. The summed E-state index contributed by atoms with van der Waals surface area (Å²) in [6.07, 6.45) is 1.62. The van der Waals surface area contributed by atoms with Crippen molar-refractivity contribution in [3.63, 3.8) is 0 Å². The summed E-state index contributed by atoms with van der Waals surface area (Å²) in [7, 11) is 3.91. The second kappa shape index (κ2) is 5.36. The SMILES string of the molecule is Cc1c(CC(Cl)(Cl)Cl)c2c(n1N(C)C)CC(C)(C)CC2=O. The van der Waals surface area contributed by atoms with Crippen molar-refractivity contribution in [3.8, 4) is 0 Å². The molecule has 0 N–H and O–H groups in total. The van der Waals surface area contributed by atoms with E-state index in [1.54, 1.807) is 0 Å². The fourth-order valence-electron chi connectivity index (χ4n) is 3.28. The lowest BCUT2D eigenvalue weighted by Crippen LogP contribution is -2.33. The number of hydrogen-bond donors (Lipinski definition) is 0. The van der Waals surface area contributed by atoms with Crippen molar-refractivity contribution in [1.82, 2.24) is 4.68 Å². The molecule has 3 nitrogen and oxygen atoms in total. The van der Waals surface area contributed by atoms with Crippen LogP contribution in [0.3, 0.4) is 0 Å². The molecular weight excluding hydrogens is 331 g/mol. The number of rotatable bonds is 2. The average Bonchev–Trinajstić information content (AvgIpc) is 2.47. The zero-order valence-corrected chi connectivity index (χ0v) is 15.3. The quantitative estimate of drug-likeness (QED) is 0.751. The predicted molar refractivity (Wildman–Crippen MR) is 89.7 cm³/mol. The number of nitrogens with zero attached hydrogens (tertiary/aromatic N) is 2. The van der Waals surface area contributed by atoms with E-state index in [0.717, 1.165) is 28.9 Å². The largest absolute Gasteiger partial charge is 0.319 e. The second-order valence-corrected chi connectivity index (χ2v) is 9.29. The Morgan fingerprint density at radius 1 is 1.24 bits per heavy atom. The van der Waals surface area contributed by atoms with Gasteiger partial charge in [0.1, 0.15) is 0 Å².